The van der Waals surface area contributed by atoms with Gasteiger partial charge in [0.15, 0.2) is 0 Å². The van der Waals surface area contributed by atoms with E-state index in [1.165, 1.54) is 16.0 Å². The lowest BCUT2D eigenvalue weighted by molar-refractivity contribution is -0.117. The largest absolute Gasteiger partial charge is 0.379 e. The van der Waals surface area contributed by atoms with Gasteiger partial charge in [0.05, 0.1) is 19.8 Å². The number of rotatable bonds is 8. The van der Waals surface area contributed by atoms with E-state index in [2.05, 4.69) is 52.9 Å². The molecule has 150 valence electrons. The molecule has 3 rings (SSSR count). The number of carbonyl (C=O) groups is 1. The molecule has 6 heteroatoms. The van der Waals surface area contributed by atoms with Gasteiger partial charge in [-0.05, 0) is 48.7 Å². The molecule has 0 spiro atoms. The predicted molar refractivity (Wildman–Crippen MR) is 116 cm³/mol. The second kappa shape index (κ2) is 10.6. The minimum absolute atomic E-state index is 0.00385. The van der Waals surface area contributed by atoms with E-state index >= 15 is 0 Å². The average Bonchev–Trinajstić information content (AvgIpc) is 2.70. The number of thioether (sulfide) groups is 1. The lowest BCUT2D eigenvalue weighted by atomic mass is 10.2. The number of amides is 1. The minimum atomic E-state index is 0.00385. The summed E-state index contributed by atoms with van der Waals surface area (Å²) < 4.78 is 5.39. The van der Waals surface area contributed by atoms with Crippen molar-refractivity contribution in [2.45, 2.75) is 18.0 Å². The maximum absolute atomic E-state index is 12.3. The quantitative estimate of drug-likeness (QED) is 0.690. The predicted octanol–water partition coefficient (Wildman–Crippen LogP) is 3.31. The summed E-state index contributed by atoms with van der Waals surface area (Å²) in [6.07, 6.45) is 2.07. The summed E-state index contributed by atoms with van der Waals surface area (Å²) in [6, 6.07) is 16.6. The molecule has 1 fully saturated rings. The van der Waals surface area contributed by atoms with Crippen LogP contribution >= 0.6 is 11.8 Å². The van der Waals surface area contributed by atoms with Gasteiger partial charge in [-0.1, -0.05) is 24.3 Å². The number of likely N-dealkylation sites (N-methyl/N-ethyl adjacent to an activating group) is 1. The lowest BCUT2D eigenvalue weighted by Gasteiger charge is -2.26. The van der Waals surface area contributed by atoms with Gasteiger partial charge in [-0.25, -0.2) is 0 Å². The minimum Gasteiger partial charge on any atom is -0.379 e. The highest BCUT2D eigenvalue weighted by atomic mass is 32.2. The average molecular weight is 400 g/mol. The Morgan fingerprint density at radius 2 is 1.71 bits per heavy atom. The number of morpholine rings is 1. The number of nitrogens with zero attached hydrogens (tertiary/aromatic N) is 2. The molecule has 0 radical (unpaired) electrons. The second-order valence-corrected chi connectivity index (χ2v) is 8.03. The zero-order chi connectivity index (χ0) is 19.8. The Morgan fingerprint density at radius 1 is 1.07 bits per heavy atom. The van der Waals surface area contributed by atoms with E-state index in [0.717, 1.165) is 45.1 Å². The number of anilines is 1. The van der Waals surface area contributed by atoms with Crippen molar-refractivity contribution in [3.05, 3.63) is 59.7 Å². The van der Waals surface area contributed by atoms with Gasteiger partial charge in [-0.3, -0.25) is 14.6 Å². The van der Waals surface area contributed by atoms with Crippen LogP contribution < -0.4 is 5.32 Å². The van der Waals surface area contributed by atoms with Crippen molar-refractivity contribution in [1.29, 1.82) is 0 Å². The van der Waals surface area contributed by atoms with Crippen molar-refractivity contribution in [2.75, 3.05) is 51.5 Å². The molecule has 1 saturated heterocycles. The Kier molecular flexibility index (Phi) is 7.91. The van der Waals surface area contributed by atoms with Crippen LogP contribution in [0.4, 0.5) is 5.69 Å². The van der Waals surface area contributed by atoms with Crippen LogP contribution in [0.15, 0.2) is 53.4 Å². The Bertz CT molecular complexity index is 743. The molecule has 0 atom stereocenters. The summed E-state index contributed by atoms with van der Waals surface area (Å²) in [5.41, 5.74) is 3.31. The fraction of sp³-hybridized carbons (Fsp3) is 0.409. The summed E-state index contributed by atoms with van der Waals surface area (Å²) in [5.74, 6) is 0.00385. The van der Waals surface area contributed by atoms with Crippen molar-refractivity contribution < 1.29 is 9.53 Å². The van der Waals surface area contributed by atoms with Crippen molar-refractivity contribution in [3.63, 3.8) is 0 Å². The van der Waals surface area contributed by atoms with Crippen molar-refractivity contribution >= 4 is 23.4 Å². The molecule has 5 nitrogen and oxygen atoms in total. The van der Waals surface area contributed by atoms with Gasteiger partial charge in [-0.2, -0.15) is 0 Å². The van der Waals surface area contributed by atoms with Gasteiger partial charge in [0, 0.05) is 36.8 Å². The zero-order valence-corrected chi connectivity index (χ0v) is 17.5. The number of hydrogen-bond donors (Lipinski definition) is 1. The van der Waals surface area contributed by atoms with Crippen LogP contribution in [0, 0.1) is 0 Å². The lowest BCUT2D eigenvalue weighted by Crippen LogP contribution is -2.35. The first-order valence-corrected chi connectivity index (χ1v) is 10.9. The van der Waals surface area contributed by atoms with Crippen LogP contribution in [0.5, 0.6) is 0 Å². The molecule has 0 aromatic heterocycles. The normalized spacial score (nSPS) is 15.0. The van der Waals surface area contributed by atoms with E-state index in [-0.39, 0.29) is 5.91 Å². The van der Waals surface area contributed by atoms with Gasteiger partial charge in [0.1, 0.15) is 0 Å². The third-order valence-electron chi connectivity index (χ3n) is 4.77. The molecule has 2 aromatic carbocycles. The molecule has 28 heavy (non-hydrogen) atoms. The monoisotopic (exact) mass is 399 g/mol. The van der Waals surface area contributed by atoms with Gasteiger partial charge in [0.2, 0.25) is 5.91 Å². The van der Waals surface area contributed by atoms with Crippen molar-refractivity contribution in [1.82, 2.24) is 9.80 Å². The maximum atomic E-state index is 12.3. The third kappa shape index (κ3) is 6.63. The topological polar surface area (TPSA) is 44.8 Å². The second-order valence-electron chi connectivity index (χ2n) is 7.15. The fourth-order valence-electron chi connectivity index (χ4n) is 3.26. The van der Waals surface area contributed by atoms with E-state index in [4.69, 9.17) is 4.74 Å². The smallest absolute Gasteiger partial charge is 0.238 e. The molecule has 1 aliphatic heterocycles. The first-order valence-electron chi connectivity index (χ1n) is 9.63. The summed E-state index contributed by atoms with van der Waals surface area (Å²) in [4.78, 5) is 18.0. The molecule has 1 heterocycles. The summed E-state index contributed by atoms with van der Waals surface area (Å²) >= 11 is 1.73. The number of carbonyl (C=O) groups excluding carboxylic acids is 1. The number of benzene rings is 2. The maximum Gasteiger partial charge on any atom is 0.238 e. The van der Waals surface area contributed by atoms with Crippen LogP contribution in [0.25, 0.3) is 0 Å². The van der Waals surface area contributed by atoms with Gasteiger partial charge in [0.25, 0.3) is 0 Å². The van der Waals surface area contributed by atoms with E-state index < -0.39 is 0 Å². The fourth-order valence-corrected chi connectivity index (χ4v) is 3.66. The van der Waals surface area contributed by atoms with E-state index in [0.29, 0.717) is 6.54 Å². The Hall–Kier alpha value is -1.86. The van der Waals surface area contributed by atoms with Crippen LogP contribution in [0.2, 0.25) is 0 Å². The highest BCUT2D eigenvalue weighted by molar-refractivity contribution is 7.98. The van der Waals surface area contributed by atoms with Crippen LogP contribution in [-0.4, -0.2) is 61.9 Å². The van der Waals surface area contributed by atoms with Gasteiger partial charge >= 0.3 is 0 Å². The Morgan fingerprint density at radius 3 is 2.36 bits per heavy atom. The van der Waals surface area contributed by atoms with Crippen molar-refractivity contribution in [3.8, 4) is 0 Å². The number of ether oxygens (including phenoxy) is 1. The molecule has 0 bridgehead atoms. The number of nitrogens with one attached hydrogen (secondary N) is 1. The molecule has 1 aliphatic rings. The highest BCUT2D eigenvalue weighted by Crippen LogP contribution is 2.16. The number of hydrogen-bond acceptors (Lipinski definition) is 5. The molecule has 0 aliphatic carbocycles. The standard InChI is InChI=1S/C22H29N3O2S/c1-24(15-18-5-9-21(28-2)10-6-18)17-22(26)23-20-7-3-19(4-8-20)16-25-11-13-27-14-12-25/h3-10H,11-17H2,1-2H3,(H,23,26). The molecule has 0 saturated carbocycles. The molecule has 1 N–H and O–H groups in total. The Balaban J connectivity index is 1.44. The van der Waals surface area contributed by atoms with Crippen LogP contribution in [-0.2, 0) is 22.6 Å². The first kappa shape index (κ1) is 20.9. The summed E-state index contributed by atoms with van der Waals surface area (Å²) in [6.45, 7) is 5.61. The van der Waals surface area contributed by atoms with Crippen LogP contribution in [0.1, 0.15) is 11.1 Å². The Labute approximate surface area is 172 Å². The molecule has 0 unspecified atom stereocenters. The van der Waals surface area contributed by atoms with E-state index in [1.54, 1.807) is 11.8 Å². The molecular weight excluding hydrogens is 370 g/mol. The van der Waals surface area contributed by atoms with Crippen LogP contribution in [0.3, 0.4) is 0 Å². The SMILES string of the molecule is CSc1ccc(CN(C)CC(=O)Nc2ccc(CN3CCOCC3)cc2)cc1. The van der Waals surface area contributed by atoms with E-state index in [1.807, 2.05) is 24.1 Å². The van der Waals surface area contributed by atoms with Crippen molar-refractivity contribution in [2.24, 2.45) is 0 Å². The molecular formula is C22H29N3O2S. The first-order chi connectivity index (χ1) is 13.6. The summed E-state index contributed by atoms with van der Waals surface area (Å²) in [5, 5.41) is 2.99. The molecule has 2 aromatic rings. The third-order valence-corrected chi connectivity index (χ3v) is 5.52. The molecule has 1 amide bonds. The highest BCUT2D eigenvalue weighted by Gasteiger charge is 2.11. The van der Waals surface area contributed by atoms with Gasteiger partial charge < -0.3 is 10.1 Å². The van der Waals surface area contributed by atoms with E-state index in [9.17, 15) is 4.79 Å². The summed E-state index contributed by atoms with van der Waals surface area (Å²) in [7, 11) is 1.97. The van der Waals surface area contributed by atoms with Gasteiger partial charge in [-0.15, -0.1) is 11.8 Å². The zero-order valence-electron chi connectivity index (χ0n) is 16.7.